The van der Waals surface area contributed by atoms with Crippen molar-refractivity contribution in [1.29, 1.82) is 0 Å². The van der Waals surface area contributed by atoms with Gasteiger partial charge in [-0.3, -0.25) is 4.79 Å². The fourth-order valence-corrected chi connectivity index (χ4v) is 1.49. The van der Waals surface area contributed by atoms with Crippen molar-refractivity contribution in [1.82, 2.24) is 5.32 Å². The van der Waals surface area contributed by atoms with E-state index in [9.17, 15) is 4.79 Å². The van der Waals surface area contributed by atoms with Gasteiger partial charge in [-0.25, -0.2) is 0 Å². The SMILES string of the molecule is CCCNC(=O)C1(CO)CCC1. The number of hydrogen-bond donors (Lipinski definition) is 2. The fourth-order valence-electron chi connectivity index (χ4n) is 1.49. The second-order valence-corrected chi connectivity index (χ2v) is 3.55. The average Bonchev–Trinajstić information content (AvgIpc) is 2.00. The van der Waals surface area contributed by atoms with Crippen molar-refractivity contribution >= 4 is 5.91 Å². The van der Waals surface area contributed by atoms with Crippen molar-refractivity contribution in [3.63, 3.8) is 0 Å². The van der Waals surface area contributed by atoms with E-state index in [1.54, 1.807) is 0 Å². The molecule has 0 spiro atoms. The van der Waals surface area contributed by atoms with E-state index in [4.69, 9.17) is 5.11 Å². The van der Waals surface area contributed by atoms with Gasteiger partial charge in [-0.15, -0.1) is 0 Å². The van der Waals surface area contributed by atoms with Crippen LogP contribution in [0.2, 0.25) is 0 Å². The molecular formula is C9H17NO2. The van der Waals surface area contributed by atoms with E-state index in [-0.39, 0.29) is 12.5 Å². The molecular weight excluding hydrogens is 154 g/mol. The zero-order valence-corrected chi connectivity index (χ0v) is 7.60. The van der Waals surface area contributed by atoms with Gasteiger partial charge in [0.05, 0.1) is 12.0 Å². The molecule has 3 heteroatoms. The van der Waals surface area contributed by atoms with Gasteiger partial charge < -0.3 is 10.4 Å². The summed E-state index contributed by atoms with van der Waals surface area (Å²) >= 11 is 0. The van der Waals surface area contributed by atoms with Crippen molar-refractivity contribution in [3.8, 4) is 0 Å². The molecule has 0 aliphatic heterocycles. The number of aliphatic hydroxyl groups excluding tert-OH is 1. The predicted octanol–water partition coefficient (Wildman–Crippen LogP) is 0.675. The van der Waals surface area contributed by atoms with Crippen LogP contribution in [0.1, 0.15) is 32.6 Å². The second kappa shape index (κ2) is 3.90. The quantitative estimate of drug-likeness (QED) is 0.653. The van der Waals surface area contributed by atoms with Crippen LogP contribution < -0.4 is 5.32 Å². The Hall–Kier alpha value is -0.570. The Bertz CT molecular complexity index is 158. The first kappa shape index (κ1) is 9.52. The van der Waals surface area contributed by atoms with E-state index < -0.39 is 5.41 Å². The molecule has 0 saturated heterocycles. The highest BCUT2D eigenvalue weighted by molar-refractivity contribution is 5.83. The average molecular weight is 171 g/mol. The molecule has 1 aliphatic carbocycles. The highest BCUT2D eigenvalue weighted by atomic mass is 16.3. The molecule has 1 amide bonds. The summed E-state index contributed by atoms with van der Waals surface area (Å²) in [6.07, 6.45) is 3.71. The molecule has 0 aromatic carbocycles. The normalized spacial score (nSPS) is 19.8. The van der Waals surface area contributed by atoms with Gasteiger partial charge in [0.15, 0.2) is 0 Å². The minimum atomic E-state index is -0.421. The molecule has 1 saturated carbocycles. The second-order valence-electron chi connectivity index (χ2n) is 3.55. The Balaban J connectivity index is 2.38. The molecule has 0 radical (unpaired) electrons. The number of amides is 1. The molecule has 0 bridgehead atoms. The van der Waals surface area contributed by atoms with E-state index in [2.05, 4.69) is 5.32 Å². The van der Waals surface area contributed by atoms with Crippen LogP contribution in [0.15, 0.2) is 0 Å². The van der Waals surface area contributed by atoms with E-state index >= 15 is 0 Å². The van der Waals surface area contributed by atoms with Gasteiger partial charge in [0, 0.05) is 6.54 Å². The van der Waals surface area contributed by atoms with E-state index in [0.717, 1.165) is 32.2 Å². The van der Waals surface area contributed by atoms with E-state index in [0.29, 0.717) is 0 Å². The number of carbonyl (C=O) groups is 1. The molecule has 0 heterocycles. The molecule has 0 aromatic heterocycles. The predicted molar refractivity (Wildman–Crippen MR) is 46.7 cm³/mol. The number of rotatable bonds is 4. The monoisotopic (exact) mass is 171 g/mol. The molecule has 12 heavy (non-hydrogen) atoms. The molecule has 3 nitrogen and oxygen atoms in total. The van der Waals surface area contributed by atoms with Crippen molar-refractivity contribution in [2.75, 3.05) is 13.2 Å². The van der Waals surface area contributed by atoms with Crippen LogP contribution >= 0.6 is 0 Å². The molecule has 2 N–H and O–H groups in total. The van der Waals surface area contributed by atoms with Crippen molar-refractivity contribution < 1.29 is 9.90 Å². The Morgan fingerprint density at radius 2 is 2.25 bits per heavy atom. The molecule has 70 valence electrons. The molecule has 1 rings (SSSR count). The Morgan fingerprint density at radius 3 is 2.58 bits per heavy atom. The summed E-state index contributed by atoms with van der Waals surface area (Å²) in [5, 5.41) is 11.9. The first-order valence-electron chi connectivity index (χ1n) is 4.64. The van der Waals surface area contributed by atoms with Gasteiger partial charge in [-0.05, 0) is 19.3 Å². The summed E-state index contributed by atoms with van der Waals surface area (Å²) in [5.74, 6) is 0.0399. The fraction of sp³-hybridized carbons (Fsp3) is 0.889. The number of hydrogen-bond acceptors (Lipinski definition) is 2. The van der Waals surface area contributed by atoms with Crippen LogP contribution in [0, 0.1) is 5.41 Å². The van der Waals surface area contributed by atoms with Gasteiger partial charge in [0.1, 0.15) is 0 Å². The third-order valence-corrected chi connectivity index (χ3v) is 2.63. The van der Waals surface area contributed by atoms with Crippen LogP contribution in [0.5, 0.6) is 0 Å². The molecule has 1 aliphatic rings. The topological polar surface area (TPSA) is 49.3 Å². The van der Waals surface area contributed by atoms with Gasteiger partial charge >= 0.3 is 0 Å². The van der Waals surface area contributed by atoms with Crippen LogP contribution in [-0.4, -0.2) is 24.2 Å². The summed E-state index contributed by atoms with van der Waals surface area (Å²) in [6, 6.07) is 0. The summed E-state index contributed by atoms with van der Waals surface area (Å²) in [6.45, 7) is 2.75. The lowest BCUT2D eigenvalue weighted by atomic mass is 9.68. The third kappa shape index (κ3) is 1.61. The minimum absolute atomic E-state index is 0.00253. The molecule has 1 fully saturated rings. The zero-order chi connectivity index (χ0) is 9.03. The van der Waals surface area contributed by atoms with Crippen LogP contribution in [0.3, 0.4) is 0 Å². The van der Waals surface area contributed by atoms with Crippen LogP contribution in [-0.2, 0) is 4.79 Å². The Morgan fingerprint density at radius 1 is 1.58 bits per heavy atom. The standard InChI is InChI=1S/C9H17NO2/c1-2-6-10-8(12)9(7-11)4-3-5-9/h11H,2-7H2,1H3,(H,10,12). The maximum absolute atomic E-state index is 11.5. The van der Waals surface area contributed by atoms with Gasteiger partial charge in [-0.1, -0.05) is 13.3 Å². The van der Waals surface area contributed by atoms with E-state index in [1.165, 1.54) is 0 Å². The summed E-state index contributed by atoms with van der Waals surface area (Å²) in [7, 11) is 0. The Labute approximate surface area is 73.2 Å². The van der Waals surface area contributed by atoms with Crippen molar-refractivity contribution in [2.24, 2.45) is 5.41 Å². The summed E-state index contributed by atoms with van der Waals surface area (Å²) in [5.41, 5.74) is -0.421. The minimum Gasteiger partial charge on any atom is -0.395 e. The lowest BCUT2D eigenvalue weighted by Gasteiger charge is -2.38. The smallest absolute Gasteiger partial charge is 0.228 e. The van der Waals surface area contributed by atoms with Gasteiger partial charge in [-0.2, -0.15) is 0 Å². The lowest BCUT2D eigenvalue weighted by Crippen LogP contribution is -2.48. The van der Waals surface area contributed by atoms with E-state index in [1.807, 2.05) is 6.92 Å². The van der Waals surface area contributed by atoms with Crippen molar-refractivity contribution in [3.05, 3.63) is 0 Å². The summed E-state index contributed by atoms with van der Waals surface area (Å²) < 4.78 is 0. The first-order valence-corrected chi connectivity index (χ1v) is 4.64. The summed E-state index contributed by atoms with van der Waals surface area (Å²) in [4.78, 5) is 11.5. The zero-order valence-electron chi connectivity index (χ0n) is 7.60. The largest absolute Gasteiger partial charge is 0.395 e. The van der Waals surface area contributed by atoms with Crippen LogP contribution in [0.4, 0.5) is 0 Å². The van der Waals surface area contributed by atoms with Gasteiger partial charge in [0.25, 0.3) is 0 Å². The van der Waals surface area contributed by atoms with Gasteiger partial charge in [0.2, 0.25) is 5.91 Å². The lowest BCUT2D eigenvalue weighted by molar-refractivity contribution is -0.139. The maximum atomic E-state index is 11.5. The highest BCUT2D eigenvalue weighted by Crippen LogP contribution is 2.40. The molecule has 0 unspecified atom stereocenters. The number of aliphatic hydroxyl groups is 1. The maximum Gasteiger partial charge on any atom is 0.228 e. The highest BCUT2D eigenvalue weighted by Gasteiger charge is 2.43. The third-order valence-electron chi connectivity index (χ3n) is 2.63. The number of carbonyl (C=O) groups excluding carboxylic acids is 1. The number of nitrogens with one attached hydrogen (secondary N) is 1. The first-order chi connectivity index (χ1) is 5.75. The molecule has 0 atom stereocenters. The Kier molecular flexibility index (Phi) is 3.09. The van der Waals surface area contributed by atoms with Crippen molar-refractivity contribution in [2.45, 2.75) is 32.6 Å². The molecule has 0 aromatic rings. The van der Waals surface area contributed by atoms with Crippen LogP contribution in [0.25, 0.3) is 0 Å².